The number of hydrogen-bond acceptors (Lipinski definition) is 7. The molecule has 0 saturated heterocycles. The molecule has 4 heterocycles. The third-order valence-electron chi connectivity index (χ3n) is 4.45. The summed E-state index contributed by atoms with van der Waals surface area (Å²) in [6.45, 7) is 0.411. The summed E-state index contributed by atoms with van der Waals surface area (Å²) in [5, 5.41) is 13.1. The van der Waals surface area contributed by atoms with Gasteiger partial charge in [-0.2, -0.15) is 10.1 Å². The van der Waals surface area contributed by atoms with E-state index in [1.807, 2.05) is 6.07 Å². The summed E-state index contributed by atoms with van der Waals surface area (Å²) in [6.07, 6.45) is 8.50. The number of halogens is 1. The van der Waals surface area contributed by atoms with Gasteiger partial charge >= 0.3 is 0 Å². The Morgan fingerprint density at radius 2 is 2.11 bits per heavy atom. The molecule has 9 nitrogen and oxygen atoms in total. The van der Waals surface area contributed by atoms with Crippen LogP contribution in [0.5, 0.6) is 0 Å². The summed E-state index contributed by atoms with van der Waals surface area (Å²) in [7, 11) is 0. The molecule has 1 fully saturated rings. The van der Waals surface area contributed by atoms with Gasteiger partial charge in [0.1, 0.15) is 0 Å². The van der Waals surface area contributed by atoms with Crippen LogP contribution >= 0.6 is 0 Å². The van der Waals surface area contributed by atoms with E-state index in [0.29, 0.717) is 24.2 Å². The van der Waals surface area contributed by atoms with Crippen molar-refractivity contribution in [2.75, 3.05) is 10.6 Å². The minimum atomic E-state index is -0.549. The highest BCUT2D eigenvalue weighted by atomic mass is 19.1. The van der Waals surface area contributed by atoms with Crippen molar-refractivity contribution in [3.05, 3.63) is 48.1 Å². The number of imidazole rings is 1. The van der Waals surface area contributed by atoms with Crippen molar-refractivity contribution in [3.63, 3.8) is 0 Å². The minimum absolute atomic E-state index is 0.0671. The van der Waals surface area contributed by atoms with E-state index in [2.05, 4.69) is 45.8 Å². The fraction of sp³-hybridized carbons (Fsp3) is 0.235. The van der Waals surface area contributed by atoms with Gasteiger partial charge in [-0.3, -0.25) is 10.1 Å². The Morgan fingerprint density at radius 3 is 3.00 bits per heavy atom. The summed E-state index contributed by atoms with van der Waals surface area (Å²) in [6, 6.07) is 1.89. The zero-order valence-corrected chi connectivity index (χ0v) is 14.2. The van der Waals surface area contributed by atoms with E-state index in [4.69, 9.17) is 0 Å². The standard InChI is InChI=1S/C17H16FN9/c18-11-6-21-17(20-5-10-4-19-7-13-15(10)23-8-22-13)25-16(11)24-14-3-12(26-27-14)9-1-2-9/h3-4,6-9H,1-2,5H2,(H,22,23)(H3,20,21,24,25,26,27). The van der Waals surface area contributed by atoms with Gasteiger partial charge in [0.05, 0.1) is 29.8 Å². The largest absolute Gasteiger partial charge is 0.350 e. The van der Waals surface area contributed by atoms with Gasteiger partial charge in [-0.1, -0.05) is 0 Å². The molecular formula is C17H16FN9. The van der Waals surface area contributed by atoms with Crippen LogP contribution in [-0.2, 0) is 6.54 Å². The van der Waals surface area contributed by atoms with Gasteiger partial charge in [0.25, 0.3) is 0 Å². The highest BCUT2D eigenvalue weighted by molar-refractivity contribution is 5.77. The van der Waals surface area contributed by atoms with Crippen LogP contribution in [-0.4, -0.2) is 35.1 Å². The van der Waals surface area contributed by atoms with E-state index < -0.39 is 5.82 Å². The molecule has 0 bridgehead atoms. The number of fused-ring (bicyclic) bond motifs is 1. The molecule has 136 valence electrons. The van der Waals surface area contributed by atoms with E-state index in [0.717, 1.165) is 41.3 Å². The maximum absolute atomic E-state index is 14.1. The SMILES string of the molecule is Fc1cnc(NCc2cncc3[nH]cnc23)nc1Nc1cc(C2CC2)[nH]n1. The molecular weight excluding hydrogens is 349 g/mol. The van der Waals surface area contributed by atoms with Gasteiger partial charge in [-0.05, 0) is 12.8 Å². The lowest BCUT2D eigenvalue weighted by Gasteiger charge is -2.08. The van der Waals surface area contributed by atoms with E-state index in [-0.39, 0.29) is 5.82 Å². The van der Waals surface area contributed by atoms with Crippen LogP contribution in [0, 0.1) is 5.82 Å². The molecule has 0 atom stereocenters. The second-order valence-corrected chi connectivity index (χ2v) is 6.45. The second-order valence-electron chi connectivity index (χ2n) is 6.45. The Hall–Kier alpha value is -3.56. The molecule has 4 N–H and O–H groups in total. The molecule has 5 rings (SSSR count). The number of H-pyrrole nitrogens is 2. The first-order valence-electron chi connectivity index (χ1n) is 8.61. The minimum Gasteiger partial charge on any atom is -0.350 e. The Morgan fingerprint density at radius 1 is 1.19 bits per heavy atom. The lowest BCUT2D eigenvalue weighted by Crippen LogP contribution is -2.07. The molecule has 0 aromatic carbocycles. The monoisotopic (exact) mass is 365 g/mol. The van der Waals surface area contributed by atoms with Crippen LogP contribution in [0.1, 0.15) is 30.0 Å². The molecule has 4 aromatic rings. The highest BCUT2D eigenvalue weighted by Gasteiger charge is 2.25. The Bertz CT molecular complexity index is 1100. The van der Waals surface area contributed by atoms with Crippen LogP contribution in [0.2, 0.25) is 0 Å². The predicted octanol–water partition coefficient (Wildman–Crippen LogP) is 2.84. The average molecular weight is 365 g/mol. The van der Waals surface area contributed by atoms with Crippen LogP contribution < -0.4 is 10.6 Å². The quantitative estimate of drug-likeness (QED) is 0.415. The van der Waals surface area contributed by atoms with Crippen molar-refractivity contribution in [2.24, 2.45) is 0 Å². The number of nitrogens with one attached hydrogen (secondary N) is 4. The van der Waals surface area contributed by atoms with Crippen LogP contribution in [0.15, 0.2) is 31.0 Å². The molecule has 1 aliphatic carbocycles. The number of hydrogen-bond donors (Lipinski definition) is 4. The van der Waals surface area contributed by atoms with E-state index in [9.17, 15) is 4.39 Å². The zero-order chi connectivity index (χ0) is 18.2. The number of rotatable bonds is 6. The normalized spacial score (nSPS) is 13.8. The van der Waals surface area contributed by atoms with E-state index >= 15 is 0 Å². The van der Waals surface area contributed by atoms with E-state index in [1.165, 1.54) is 0 Å². The van der Waals surface area contributed by atoms with Crippen LogP contribution in [0.4, 0.5) is 22.0 Å². The fourth-order valence-electron chi connectivity index (χ4n) is 2.89. The zero-order valence-electron chi connectivity index (χ0n) is 14.2. The van der Waals surface area contributed by atoms with Crippen molar-refractivity contribution in [1.29, 1.82) is 0 Å². The van der Waals surface area contributed by atoms with Crippen molar-refractivity contribution in [3.8, 4) is 0 Å². The number of aromatic amines is 2. The topological polar surface area (TPSA) is 120 Å². The summed E-state index contributed by atoms with van der Waals surface area (Å²) in [4.78, 5) is 19.7. The average Bonchev–Trinajstić information content (AvgIpc) is 3.23. The number of aromatic nitrogens is 7. The second kappa shape index (κ2) is 6.31. The molecule has 0 radical (unpaired) electrons. The lowest BCUT2D eigenvalue weighted by molar-refractivity contribution is 0.619. The van der Waals surface area contributed by atoms with Gasteiger partial charge in [0, 0.05) is 36.0 Å². The number of nitrogens with zero attached hydrogens (tertiary/aromatic N) is 5. The molecule has 4 aromatic heterocycles. The van der Waals surface area contributed by atoms with Crippen molar-refractivity contribution in [1.82, 2.24) is 35.1 Å². The molecule has 0 spiro atoms. The molecule has 1 saturated carbocycles. The van der Waals surface area contributed by atoms with Gasteiger partial charge in [-0.25, -0.2) is 14.4 Å². The van der Waals surface area contributed by atoms with Crippen molar-refractivity contribution in [2.45, 2.75) is 25.3 Å². The lowest BCUT2D eigenvalue weighted by atomic mass is 10.2. The van der Waals surface area contributed by atoms with Gasteiger partial charge in [0.15, 0.2) is 17.5 Å². The highest BCUT2D eigenvalue weighted by Crippen LogP contribution is 2.39. The fourth-order valence-corrected chi connectivity index (χ4v) is 2.89. The molecule has 0 amide bonds. The van der Waals surface area contributed by atoms with Gasteiger partial charge < -0.3 is 15.6 Å². The van der Waals surface area contributed by atoms with Crippen molar-refractivity contribution < 1.29 is 4.39 Å². The Labute approximate surface area is 152 Å². The van der Waals surface area contributed by atoms with Gasteiger partial charge in [0.2, 0.25) is 5.95 Å². The summed E-state index contributed by atoms with van der Waals surface area (Å²) < 4.78 is 14.1. The molecule has 0 aliphatic heterocycles. The molecule has 1 aliphatic rings. The van der Waals surface area contributed by atoms with Crippen LogP contribution in [0.25, 0.3) is 11.0 Å². The first-order chi connectivity index (χ1) is 13.3. The first-order valence-corrected chi connectivity index (χ1v) is 8.61. The molecule has 27 heavy (non-hydrogen) atoms. The maximum atomic E-state index is 14.1. The number of pyridine rings is 1. The van der Waals surface area contributed by atoms with Crippen molar-refractivity contribution >= 4 is 28.6 Å². The Kier molecular flexibility index (Phi) is 3.66. The van der Waals surface area contributed by atoms with E-state index in [1.54, 1.807) is 18.7 Å². The molecule has 0 unspecified atom stereocenters. The maximum Gasteiger partial charge on any atom is 0.225 e. The third-order valence-corrected chi connectivity index (χ3v) is 4.45. The first kappa shape index (κ1) is 15.7. The molecule has 10 heteroatoms. The third kappa shape index (κ3) is 3.16. The number of anilines is 3. The summed E-state index contributed by atoms with van der Waals surface area (Å²) in [5.41, 5.74) is 3.62. The van der Waals surface area contributed by atoms with Gasteiger partial charge in [-0.15, -0.1) is 0 Å². The summed E-state index contributed by atoms with van der Waals surface area (Å²) >= 11 is 0. The Balaban J connectivity index is 1.32. The van der Waals surface area contributed by atoms with Crippen LogP contribution in [0.3, 0.4) is 0 Å². The smallest absolute Gasteiger partial charge is 0.225 e. The summed E-state index contributed by atoms with van der Waals surface area (Å²) in [5.74, 6) is 0.888. The predicted molar refractivity (Wildman–Crippen MR) is 97.1 cm³/mol.